The van der Waals surface area contributed by atoms with Crippen molar-refractivity contribution in [3.8, 4) is 5.75 Å². The predicted molar refractivity (Wildman–Crippen MR) is 143 cm³/mol. The maximum Gasteiger partial charge on any atom is 0.253 e. The van der Waals surface area contributed by atoms with Gasteiger partial charge in [-0.1, -0.05) is 19.3 Å². The highest BCUT2D eigenvalue weighted by molar-refractivity contribution is 5.80. The number of halogens is 1. The van der Waals surface area contributed by atoms with Crippen LogP contribution in [0.15, 0.2) is 53.3 Å². The number of ether oxygens (including phenoxy) is 1. The van der Waals surface area contributed by atoms with E-state index in [-0.39, 0.29) is 17.4 Å². The Kier molecular flexibility index (Phi) is 6.80. The number of nitrogens with one attached hydrogen (secondary N) is 1. The number of pyridine rings is 1. The Morgan fingerprint density at radius 3 is 2.50 bits per heavy atom. The van der Waals surface area contributed by atoms with Gasteiger partial charge >= 0.3 is 0 Å². The second-order valence-electron chi connectivity index (χ2n) is 10.2. The van der Waals surface area contributed by atoms with E-state index in [1.54, 1.807) is 7.11 Å². The summed E-state index contributed by atoms with van der Waals surface area (Å²) >= 11 is 0. The van der Waals surface area contributed by atoms with Crippen LogP contribution in [0.25, 0.3) is 10.9 Å². The molecule has 6 rings (SSSR count). The largest absolute Gasteiger partial charge is 0.497 e. The number of H-pyrrole nitrogens is 1. The van der Waals surface area contributed by atoms with Crippen molar-refractivity contribution in [1.82, 2.24) is 30.1 Å². The molecule has 1 aliphatic heterocycles. The van der Waals surface area contributed by atoms with Crippen LogP contribution in [-0.2, 0) is 0 Å². The lowest BCUT2D eigenvalue weighted by Gasteiger charge is -2.40. The maximum absolute atomic E-state index is 13.5. The lowest BCUT2D eigenvalue weighted by atomic mass is 9.95. The van der Waals surface area contributed by atoms with E-state index >= 15 is 0 Å². The normalized spacial score (nSPS) is 18.1. The van der Waals surface area contributed by atoms with Gasteiger partial charge in [0.15, 0.2) is 5.82 Å². The van der Waals surface area contributed by atoms with Gasteiger partial charge in [-0.25, -0.2) is 9.07 Å². The molecule has 0 spiro atoms. The molecule has 2 aromatic carbocycles. The van der Waals surface area contributed by atoms with Gasteiger partial charge in [0, 0.05) is 48.3 Å². The molecule has 2 aromatic heterocycles. The Morgan fingerprint density at radius 1 is 1.00 bits per heavy atom. The van der Waals surface area contributed by atoms with Crippen LogP contribution in [0.1, 0.15) is 55.6 Å². The molecule has 38 heavy (non-hydrogen) atoms. The van der Waals surface area contributed by atoms with E-state index in [4.69, 9.17) is 4.74 Å². The number of methoxy groups -OCH3 is 1. The number of piperazine rings is 1. The number of fused-ring (bicyclic) bond motifs is 1. The fourth-order valence-corrected chi connectivity index (χ4v) is 5.89. The maximum atomic E-state index is 13.5. The summed E-state index contributed by atoms with van der Waals surface area (Å²) in [6, 6.07) is 14.0. The van der Waals surface area contributed by atoms with Crippen LogP contribution >= 0.6 is 0 Å². The van der Waals surface area contributed by atoms with Crippen LogP contribution in [0.2, 0.25) is 0 Å². The van der Waals surface area contributed by atoms with Gasteiger partial charge < -0.3 is 14.6 Å². The van der Waals surface area contributed by atoms with Gasteiger partial charge in [0.1, 0.15) is 17.6 Å². The van der Waals surface area contributed by atoms with Crippen molar-refractivity contribution in [2.24, 2.45) is 0 Å². The van der Waals surface area contributed by atoms with Crippen LogP contribution in [-0.4, -0.2) is 63.4 Å². The van der Waals surface area contributed by atoms with E-state index in [9.17, 15) is 9.18 Å². The van der Waals surface area contributed by atoms with Crippen LogP contribution in [0.4, 0.5) is 10.1 Å². The molecule has 0 bridgehead atoms. The molecule has 2 fully saturated rings. The van der Waals surface area contributed by atoms with Crippen LogP contribution < -0.4 is 15.2 Å². The molecule has 10 heteroatoms. The second kappa shape index (κ2) is 10.5. The minimum Gasteiger partial charge on any atom is -0.497 e. The lowest BCUT2D eigenvalue weighted by molar-refractivity contribution is 0.192. The second-order valence-corrected chi connectivity index (χ2v) is 10.2. The van der Waals surface area contributed by atoms with Crippen molar-refractivity contribution in [3.63, 3.8) is 0 Å². The Labute approximate surface area is 220 Å². The molecule has 0 radical (unpaired) electrons. The highest BCUT2D eigenvalue weighted by Crippen LogP contribution is 2.34. The first-order valence-corrected chi connectivity index (χ1v) is 13.3. The van der Waals surface area contributed by atoms with E-state index in [1.807, 2.05) is 41.1 Å². The molecule has 0 amide bonds. The molecular formula is C28H32FN7O2. The van der Waals surface area contributed by atoms with Crippen molar-refractivity contribution >= 4 is 16.6 Å². The molecule has 198 valence electrons. The molecule has 1 saturated heterocycles. The first kappa shape index (κ1) is 24.5. The minimum atomic E-state index is -0.401. The van der Waals surface area contributed by atoms with E-state index < -0.39 is 6.04 Å². The van der Waals surface area contributed by atoms with Crippen molar-refractivity contribution in [2.45, 2.75) is 44.2 Å². The van der Waals surface area contributed by atoms with Gasteiger partial charge in [0.05, 0.1) is 13.2 Å². The quantitative estimate of drug-likeness (QED) is 0.412. The summed E-state index contributed by atoms with van der Waals surface area (Å²) in [5.41, 5.74) is 2.22. The molecule has 1 N–H and O–H groups in total. The third-order valence-electron chi connectivity index (χ3n) is 7.93. The number of hydrogen-bond donors (Lipinski definition) is 1. The van der Waals surface area contributed by atoms with Crippen LogP contribution in [0.3, 0.4) is 0 Å². The van der Waals surface area contributed by atoms with Crippen LogP contribution in [0, 0.1) is 5.82 Å². The summed E-state index contributed by atoms with van der Waals surface area (Å²) in [4.78, 5) is 21.1. The number of tetrazole rings is 1. The fraction of sp³-hybridized carbons (Fsp3) is 0.429. The Hall–Kier alpha value is -3.79. The molecular weight excluding hydrogens is 485 g/mol. The van der Waals surface area contributed by atoms with Gasteiger partial charge in [0.25, 0.3) is 5.56 Å². The molecule has 1 atom stereocenters. The zero-order valence-electron chi connectivity index (χ0n) is 21.5. The Morgan fingerprint density at radius 2 is 1.76 bits per heavy atom. The van der Waals surface area contributed by atoms with Gasteiger partial charge in [-0.2, -0.15) is 0 Å². The molecule has 1 saturated carbocycles. The molecule has 2 aliphatic rings. The molecule has 1 unspecified atom stereocenters. The summed E-state index contributed by atoms with van der Waals surface area (Å²) in [6.45, 7) is 2.89. The van der Waals surface area contributed by atoms with Crippen LogP contribution in [0.5, 0.6) is 5.75 Å². The number of aromatic nitrogens is 5. The number of rotatable bonds is 6. The Bertz CT molecular complexity index is 1450. The predicted octanol–water partition coefficient (Wildman–Crippen LogP) is 4.08. The molecule has 9 nitrogen and oxygen atoms in total. The van der Waals surface area contributed by atoms with Gasteiger partial charge in [-0.05, 0) is 71.8 Å². The number of aromatic amines is 1. The van der Waals surface area contributed by atoms with Gasteiger partial charge in [-0.15, -0.1) is 5.10 Å². The van der Waals surface area contributed by atoms with E-state index in [0.717, 1.165) is 61.1 Å². The zero-order valence-corrected chi connectivity index (χ0v) is 21.5. The Balaban J connectivity index is 1.38. The highest BCUT2D eigenvalue weighted by atomic mass is 19.1. The third kappa shape index (κ3) is 4.76. The van der Waals surface area contributed by atoms with E-state index in [0.29, 0.717) is 24.5 Å². The van der Waals surface area contributed by atoms with Gasteiger partial charge in [0.2, 0.25) is 0 Å². The van der Waals surface area contributed by atoms with Crippen molar-refractivity contribution in [2.75, 3.05) is 38.2 Å². The van der Waals surface area contributed by atoms with Crippen molar-refractivity contribution < 1.29 is 9.13 Å². The monoisotopic (exact) mass is 517 g/mol. The SMILES string of the molecule is COc1ccc2[nH]c(=O)c(C(c3nnnn3C3CCCCC3)N3CCN(c4ccc(F)cc4)CC3)cc2c1. The zero-order chi connectivity index (χ0) is 26.1. The average molecular weight is 518 g/mol. The number of hydrogen-bond acceptors (Lipinski definition) is 7. The number of benzene rings is 2. The summed E-state index contributed by atoms with van der Waals surface area (Å²) in [6.07, 6.45) is 5.61. The standard InChI is InChI=1S/C28H32FN7O2/c1-38-23-11-12-25-19(17-23)18-24(28(37)30-25)26(27-31-32-33-36(27)22-5-3-2-4-6-22)35-15-13-34(14-16-35)21-9-7-20(29)8-10-21/h7-12,17-18,22,26H,2-6,13-16H2,1H3,(H,30,37). The summed E-state index contributed by atoms with van der Waals surface area (Å²) in [5, 5.41) is 13.9. The first-order chi connectivity index (χ1) is 18.6. The average Bonchev–Trinajstić information content (AvgIpc) is 3.44. The smallest absolute Gasteiger partial charge is 0.253 e. The molecule has 1 aliphatic carbocycles. The molecule has 4 aromatic rings. The van der Waals surface area contributed by atoms with E-state index in [2.05, 4.69) is 30.3 Å². The first-order valence-electron chi connectivity index (χ1n) is 13.3. The number of anilines is 1. The third-order valence-corrected chi connectivity index (χ3v) is 7.93. The highest BCUT2D eigenvalue weighted by Gasteiger charge is 2.34. The number of nitrogens with zero attached hydrogens (tertiary/aromatic N) is 6. The summed E-state index contributed by atoms with van der Waals surface area (Å²) in [5.74, 6) is 1.20. The topological polar surface area (TPSA) is 92.2 Å². The van der Waals surface area contributed by atoms with Gasteiger partial charge in [-0.3, -0.25) is 9.69 Å². The minimum absolute atomic E-state index is 0.146. The van der Waals surface area contributed by atoms with Crippen molar-refractivity contribution in [1.29, 1.82) is 0 Å². The summed E-state index contributed by atoms with van der Waals surface area (Å²) < 4.78 is 20.9. The lowest BCUT2D eigenvalue weighted by Crippen LogP contribution is -2.49. The van der Waals surface area contributed by atoms with Crippen molar-refractivity contribution in [3.05, 3.63) is 76.1 Å². The molecule has 3 heterocycles. The summed E-state index contributed by atoms with van der Waals surface area (Å²) in [7, 11) is 1.63. The van der Waals surface area contributed by atoms with E-state index in [1.165, 1.54) is 18.6 Å². The fourth-order valence-electron chi connectivity index (χ4n) is 5.89.